The van der Waals surface area contributed by atoms with Crippen LogP contribution in [0, 0.1) is 11.8 Å². The van der Waals surface area contributed by atoms with Gasteiger partial charge in [-0.25, -0.2) is 0 Å². The van der Waals surface area contributed by atoms with E-state index in [1.807, 2.05) is 0 Å². The van der Waals surface area contributed by atoms with E-state index in [2.05, 4.69) is 17.6 Å². The van der Waals surface area contributed by atoms with Crippen molar-refractivity contribution in [3.63, 3.8) is 0 Å². The molecule has 3 nitrogen and oxygen atoms in total. The quantitative estimate of drug-likeness (QED) is 0.870. The fraction of sp³-hybridized carbons (Fsp3) is 0.417. The van der Waals surface area contributed by atoms with Crippen molar-refractivity contribution in [2.75, 3.05) is 18.4 Å². The van der Waals surface area contributed by atoms with Gasteiger partial charge in [-0.1, -0.05) is 36.2 Å². The molecule has 1 aromatic rings. The second-order valence-corrected chi connectivity index (χ2v) is 5.12. The van der Waals surface area contributed by atoms with Crippen molar-refractivity contribution in [3.05, 3.63) is 28.2 Å². The normalized spacial score (nSPS) is 23.7. The van der Waals surface area contributed by atoms with Gasteiger partial charge in [-0.3, -0.25) is 4.79 Å². The molecule has 0 spiro atoms. The predicted molar refractivity (Wildman–Crippen MR) is 70.6 cm³/mol. The summed E-state index contributed by atoms with van der Waals surface area (Å²) in [5, 5.41) is 6.86. The van der Waals surface area contributed by atoms with E-state index in [4.69, 9.17) is 23.2 Å². The number of amides is 1. The first-order chi connectivity index (χ1) is 8.09. The highest BCUT2D eigenvalue weighted by atomic mass is 35.5. The summed E-state index contributed by atoms with van der Waals surface area (Å²) in [6.07, 6.45) is 0. The fourth-order valence-electron chi connectivity index (χ4n) is 1.99. The highest BCUT2D eigenvalue weighted by Crippen LogP contribution is 2.30. The number of benzene rings is 1. The molecule has 0 aromatic heterocycles. The van der Waals surface area contributed by atoms with Gasteiger partial charge in [0, 0.05) is 6.54 Å². The molecule has 1 aromatic carbocycles. The van der Waals surface area contributed by atoms with Crippen LogP contribution in [-0.2, 0) is 4.79 Å². The van der Waals surface area contributed by atoms with Crippen LogP contribution in [0.2, 0.25) is 10.0 Å². The van der Waals surface area contributed by atoms with E-state index in [1.165, 1.54) is 0 Å². The van der Waals surface area contributed by atoms with Crippen LogP contribution < -0.4 is 10.6 Å². The second kappa shape index (κ2) is 5.25. The maximum absolute atomic E-state index is 12.0. The number of anilines is 1. The number of carbonyl (C=O) groups excluding carboxylic acids is 1. The zero-order valence-corrected chi connectivity index (χ0v) is 11.0. The number of halogens is 2. The molecule has 0 bridgehead atoms. The Bertz CT molecular complexity index is 437. The number of hydrogen-bond donors (Lipinski definition) is 2. The lowest BCUT2D eigenvalue weighted by Gasteiger charge is -2.15. The average Bonchev–Trinajstić information content (AvgIpc) is 2.71. The van der Waals surface area contributed by atoms with Gasteiger partial charge in [-0.05, 0) is 24.6 Å². The monoisotopic (exact) mass is 272 g/mol. The van der Waals surface area contributed by atoms with Crippen LogP contribution in [0.25, 0.3) is 0 Å². The number of hydrogen-bond acceptors (Lipinski definition) is 2. The van der Waals surface area contributed by atoms with Crippen LogP contribution in [0.5, 0.6) is 0 Å². The summed E-state index contributed by atoms with van der Waals surface area (Å²) < 4.78 is 0. The van der Waals surface area contributed by atoms with E-state index in [-0.39, 0.29) is 11.8 Å². The first-order valence-electron chi connectivity index (χ1n) is 5.55. The number of rotatable bonds is 2. The molecule has 92 valence electrons. The van der Waals surface area contributed by atoms with E-state index >= 15 is 0 Å². The van der Waals surface area contributed by atoms with Crippen LogP contribution in [0.1, 0.15) is 6.92 Å². The van der Waals surface area contributed by atoms with Gasteiger partial charge in [0.1, 0.15) is 0 Å². The first-order valence-corrected chi connectivity index (χ1v) is 6.30. The Balaban J connectivity index is 2.10. The van der Waals surface area contributed by atoms with E-state index in [9.17, 15) is 4.79 Å². The van der Waals surface area contributed by atoms with Crippen LogP contribution in [0.4, 0.5) is 5.69 Å². The Morgan fingerprint density at radius 3 is 2.82 bits per heavy atom. The minimum atomic E-state index is -0.00921. The van der Waals surface area contributed by atoms with Gasteiger partial charge in [0.05, 0.1) is 21.7 Å². The summed E-state index contributed by atoms with van der Waals surface area (Å²) in [4.78, 5) is 12.0. The molecular weight excluding hydrogens is 259 g/mol. The summed E-state index contributed by atoms with van der Waals surface area (Å²) in [5.74, 6) is 0.324. The molecule has 5 heteroatoms. The van der Waals surface area contributed by atoms with Gasteiger partial charge in [-0.15, -0.1) is 0 Å². The van der Waals surface area contributed by atoms with Gasteiger partial charge < -0.3 is 10.6 Å². The maximum atomic E-state index is 12.0. The van der Waals surface area contributed by atoms with E-state index in [1.54, 1.807) is 18.2 Å². The van der Waals surface area contributed by atoms with Gasteiger partial charge in [0.25, 0.3) is 0 Å². The molecule has 1 saturated heterocycles. The smallest absolute Gasteiger partial charge is 0.229 e. The molecule has 1 aliphatic heterocycles. The Labute approximate surface area is 110 Å². The molecule has 17 heavy (non-hydrogen) atoms. The molecule has 2 N–H and O–H groups in total. The van der Waals surface area contributed by atoms with Crippen LogP contribution in [0.3, 0.4) is 0 Å². The van der Waals surface area contributed by atoms with E-state index in [0.717, 1.165) is 6.54 Å². The highest BCUT2D eigenvalue weighted by molar-refractivity contribution is 6.44. The first kappa shape index (κ1) is 12.7. The zero-order valence-electron chi connectivity index (χ0n) is 9.47. The van der Waals surface area contributed by atoms with Crippen LogP contribution >= 0.6 is 23.2 Å². The van der Waals surface area contributed by atoms with Crippen molar-refractivity contribution < 1.29 is 4.79 Å². The Kier molecular flexibility index (Phi) is 3.92. The lowest BCUT2D eigenvalue weighted by atomic mass is 9.97. The second-order valence-electron chi connectivity index (χ2n) is 4.33. The van der Waals surface area contributed by atoms with Crippen molar-refractivity contribution in [2.45, 2.75) is 6.92 Å². The largest absolute Gasteiger partial charge is 0.324 e. The van der Waals surface area contributed by atoms with E-state index in [0.29, 0.717) is 28.2 Å². The molecule has 0 saturated carbocycles. The molecule has 1 fully saturated rings. The summed E-state index contributed by atoms with van der Waals surface area (Å²) in [6.45, 7) is 3.65. The number of nitrogens with one attached hydrogen (secondary N) is 2. The SMILES string of the molecule is C[C@@H]1CNC[C@H]1C(=O)Nc1cccc(Cl)c1Cl. The van der Waals surface area contributed by atoms with Crippen molar-refractivity contribution in [1.82, 2.24) is 5.32 Å². The lowest BCUT2D eigenvalue weighted by molar-refractivity contribution is -0.120. The molecule has 2 atom stereocenters. The average molecular weight is 273 g/mol. The van der Waals surface area contributed by atoms with Crippen LogP contribution in [0.15, 0.2) is 18.2 Å². The third-order valence-corrected chi connectivity index (χ3v) is 3.88. The van der Waals surface area contributed by atoms with Crippen molar-refractivity contribution in [2.24, 2.45) is 11.8 Å². The van der Waals surface area contributed by atoms with Crippen molar-refractivity contribution >= 4 is 34.8 Å². The van der Waals surface area contributed by atoms with Crippen molar-refractivity contribution in [1.29, 1.82) is 0 Å². The zero-order chi connectivity index (χ0) is 12.4. The standard InChI is InChI=1S/C12H14Cl2N2O/c1-7-5-15-6-8(7)12(17)16-10-4-2-3-9(13)11(10)14/h2-4,7-8,15H,5-6H2,1H3,(H,16,17)/t7-,8-/m1/s1. The minimum Gasteiger partial charge on any atom is -0.324 e. The van der Waals surface area contributed by atoms with Gasteiger partial charge in [-0.2, -0.15) is 0 Å². The molecule has 1 amide bonds. The maximum Gasteiger partial charge on any atom is 0.229 e. The topological polar surface area (TPSA) is 41.1 Å². The molecule has 2 rings (SSSR count). The third kappa shape index (κ3) is 2.73. The Morgan fingerprint density at radius 1 is 1.41 bits per heavy atom. The summed E-state index contributed by atoms with van der Waals surface area (Å²) in [6, 6.07) is 5.21. The number of carbonyl (C=O) groups is 1. The summed E-state index contributed by atoms with van der Waals surface area (Å²) in [5.41, 5.74) is 0.572. The molecule has 1 heterocycles. The lowest BCUT2D eigenvalue weighted by Crippen LogP contribution is -2.27. The summed E-state index contributed by atoms with van der Waals surface area (Å²) in [7, 11) is 0. The molecule has 0 unspecified atom stereocenters. The summed E-state index contributed by atoms with van der Waals surface area (Å²) >= 11 is 11.9. The van der Waals surface area contributed by atoms with Gasteiger partial charge in [0.2, 0.25) is 5.91 Å². The molecule has 0 radical (unpaired) electrons. The molecule has 1 aliphatic rings. The predicted octanol–water partition coefficient (Wildman–Crippen LogP) is 2.79. The van der Waals surface area contributed by atoms with Crippen molar-refractivity contribution in [3.8, 4) is 0 Å². The fourth-order valence-corrected chi connectivity index (χ4v) is 2.33. The van der Waals surface area contributed by atoms with Gasteiger partial charge >= 0.3 is 0 Å². The minimum absolute atomic E-state index is 0.00772. The van der Waals surface area contributed by atoms with E-state index < -0.39 is 0 Å². The van der Waals surface area contributed by atoms with Crippen LogP contribution in [-0.4, -0.2) is 19.0 Å². The Morgan fingerprint density at radius 2 is 2.18 bits per heavy atom. The Hall–Kier alpha value is -0.770. The third-order valence-electron chi connectivity index (χ3n) is 3.06. The molecular formula is C12H14Cl2N2O. The molecule has 0 aliphatic carbocycles. The van der Waals surface area contributed by atoms with Gasteiger partial charge in [0.15, 0.2) is 0 Å². The highest BCUT2D eigenvalue weighted by Gasteiger charge is 2.29.